The van der Waals surface area contributed by atoms with Crippen LogP contribution in [-0.4, -0.2) is 36.5 Å². The maximum absolute atomic E-state index is 12.4. The zero-order valence-electron chi connectivity index (χ0n) is 10.4. The number of carbonyl (C=O) groups is 2. The fourth-order valence-electron chi connectivity index (χ4n) is 2.19. The van der Waals surface area contributed by atoms with E-state index in [4.69, 9.17) is 16.3 Å². The van der Waals surface area contributed by atoms with Crippen molar-refractivity contribution in [3.8, 4) is 0 Å². The monoisotopic (exact) mass is 345 g/mol. The second kappa shape index (κ2) is 5.92. The lowest BCUT2D eigenvalue weighted by Gasteiger charge is -2.22. The second-order valence-corrected chi connectivity index (χ2v) is 5.57. The smallest absolute Gasteiger partial charge is 0.328 e. The van der Waals surface area contributed by atoms with Crippen molar-refractivity contribution in [2.45, 2.75) is 18.9 Å². The summed E-state index contributed by atoms with van der Waals surface area (Å²) in [5.74, 6) is -0.559. The van der Waals surface area contributed by atoms with Crippen LogP contribution in [0.3, 0.4) is 0 Å². The molecule has 0 aromatic heterocycles. The van der Waals surface area contributed by atoms with Crippen molar-refractivity contribution in [3.63, 3.8) is 0 Å². The van der Waals surface area contributed by atoms with Crippen LogP contribution in [0, 0.1) is 0 Å². The van der Waals surface area contributed by atoms with E-state index in [2.05, 4.69) is 15.9 Å². The Bertz CT molecular complexity index is 521. The lowest BCUT2D eigenvalue weighted by atomic mass is 10.1. The number of ether oxygens (including phenoxy) is 1. The molecule has 102 valence electrons. The van der Waals surface area contributed by atoms with E-state index < -0.39 is 6.04 Å². The minimum Gasteiger partial charge on any atom is -0.467 e. The third kappa shape index (κ3) is 2.92. The van der Waals surface area contributed by atoms with Gasteiger partial charge in [-0.2, -0.15) is 0 Å². The molecule has 0 N–H and O–H groups in total. The van der Waals surface area contributed by atoms with Gasteiger partial charge < -0.3 is 9.64 Å². The molecule has 0 spiro atoms. The maximum Gasteiger partial charge on any atom is 0.328 e. The molecule has 1 aromatic rings. The largest absolute Gasteiger partial charge is 0.467 e. The van der Waals surface area contributed by atoms with Gasteiger partial charge in [0.2, 0.25) is 0 Å². The number of hydrogen-bond donors (Lipinski definition) is 0. The highest BCUT2D eigenvalue weighted by molar-refractivity contribution is 9.10. The number of nitrogens with zero attached hydrogens (tertiary/aromatic N) is 1. The van der Waals surface area contributed by atoms with Crippen LogP contribution < -0.4 is 0 Å². The van der Waals surface area contributed by atoms with E-state index in [0.717, 1.165) is 10.9 Å². The molecule has 0 saturated carbocycles. The molecule has 4 nitrogen and oxygen atoms in total. The molecular formula is C13H13BrClNO3. The zero-order valence-corrected chi connectivity index (χ0v) is 12.7. The molecule has 1 unspecified atom stereocenters. The first-order valence-electron chi connectivity index (χ1n) is 5.88. The van der Waals surface area contributed by atoms with Gasteiger partial charge in [0.25, 0.3) is 5.91 Å². The van der Waals surface area contributed by atoms with E-state index in [0.29, 0.717) is 23.6 Å². The van der Waals surface area contributed by atoms with E-state index in [9.17, 15) is 9.59 Å². The highest BCUT2D eigenvalue weighted by Gasteiger charge is 2.35. The van der Waals surface area contributed by atoms with Crippen LogP contribution in [0.4, 0.5) is 0 Å². The number of likely N-dealkylation sites (tertiary alicyclic amines) is 1. The van der Waals surface area contributed by atoms with Crippen LogP contribution in [0.25, 0.3) is 0 Å². The third-order valence-electron chi connectivity index (χ3n) is 3.15. The van der Waals surface area contributed by atoms with Gasteiger partial charge in [0.05, 0.1) is 12.1 Å². The van der Waals surface area contributed by atoms with Gasteiger partial charge in [-0.15, -0.1) is 0 Å². The Labute approximate surface area is 124 Å². The Balaban J connectivity index is 2.23. The van der Waals surface area contributed by atoms with Crippen molar-refractivity contribution in [3.05, 3.63) is 33.3 Å². The molecule has 19 heavy (non-hydrogen) atoms. The van der Waals surface area contributed by atoms with Gasteiger partial charge in [-0.3, -0.25) is 4.79 Å². The van der Waals surface area contributed by atoms with Gasteiger partial charge in [-0.1, -0.05) is 11.6 Å². The Hall–Kier alpha value is -1.07. The van der Waals surface area contributed by atoms with Crippen molar-refractivity contribution in [2.24, 2.45) is 0 Å². The number of amides is 1. The number of carbonyl (C=O) groups excluding carboxylic acids is 2. The van der Waals surface area contributed by atoms with Gasteiger partial charge in [0, 0.05) is 16.6 Å². The average molecular weight is 347 g/mol. The van der Waals surface area contributed by atoms with Crippen molar-refractivity contribution in [2.75, 3.05) is 13.7 Å². The minimum absolute atomic E-state index is 0.192. The standard InChI is InChI=1S/C13H13BrClNO3/c1-19-13(18)11-3-2-6-16(11)12(17)8-4-5-9(14)10(15)7-8/h4-5,7,11H,2-3,6H2,1H3. The molecule has 1 aliphatic heterocycles. The predicted molar refractivity (Wildman–Crippen MR) is 75.2 cm³/mol. The molecule has 6 heteroatoms. The Morgan fingerprint density at radius 3 is 2.84 bits per heavy atom. The van der Waals surface area contributed by atoms with E-state index in [1.807, 2.05) is 0 Å². The molecule has 2 rings (SSSR count). The minimum atomic E-state index is -0.486. The van der Waals surface area contributed by atoms with Crippen LogP contribution in [-0.2, 0) is 9.53 Å². The molecule has 1 fully saturated rings. The van der Waals surface area contributed by atoms with E-state index >= 15 is 0 Å². The van der Waals surface area contributed by atoms with E-state index in [1.165, 1.54) is 7.11 Å². The van der Waals surface area contributed by atoms with Gasteiger partial charge in [-0.05, 0) is 47.0 Å². The Morgan fingerprint density at radius 1 is 1.47 bits per heavy atom. The van der Waals surface area contributed by atoms with Gasteiger partial charge in [-0.25, -0.2) is 4.79 Å². The van der Waals surface area contributed by atoms with Gasteiger partial charge >= 0.3 is 5.97 Å². The van der Waals surface area contributed by atoms with Crippen molar-refractivity contribution in [1.29, 1.82) is 0 Å². The normalized spacial score (nSPS) is 18.5. The van der Waals surface area contributed by atoms with Gasteiger partial charge in [0.15, 0.2) is 0 Å². The summed E-state index contributed by atoms with van der Waals surface area (Å²) in [6.07, 6.45) is 1.44. The Kier molecular flexibility index (Phi) is 4.47. The summed E-state index contributed by atoms with van der Waals surface area (Å²) in [5.41, 5.74) is 0.476. The van der Waals surface area contributed by atoms with Crippen molar-refractivity contribution in [1.82, 2.24) is 4.90 Å². The molecule has 0 radical (unpaired) electrons. The first-order valence-corrected chi connectivity index (χ1v) is 7.05. The number of benzene rings is 1. The number of halogens is 2. The highest BCUT2D eigenvalue weighted by atomic mass is 79.9. The van der Waals surface area contributed by atoms with E-state index in [-0.39, 0.29) is 11.9 Å². The molecule has 1 aliphatic rings. The summed E-state index contributed by atoms with van der Waals surface area (Å²) in [4.78, 5) is 25.6. The maximum atomic E-state index is 12.4. The molecular weight excluding hydrogens is 334 g/mol. The molecule has 0 bridgehead atoms. The molecule has 1 amide bonds. The quantitative estimate of drug-likeness (QED) is 0.774. The summed E-state index contributed by atoms with van der Waals surface area (Å²) < 4.78 is 5.46. The molecule has 1 heterocycles. The van der Waals surface area contributed by atoms with Gasteiger partial charge in [0.1, 0.15) is 6.04 Å². The summed E-state index contributed by atoms with van der Waals surface area (Å²) >= 11 is 9.26. The lowest BCUT2D eigenvalue weighted by molar-refractivity contribution is -0.145. The highest BCUT2D eigenvalue weighted by Crippen LogP contribution is 2.26. The first-order chi connectivity index (χ1) is 9.04. The van der Waals surface area contributed by atoms with E-state index in [1.54, 1.807) is 23.1 Å². The van der Waals surface area contributed by atoms with Crippen molar-refractivity contribution < 1.29 is 14.3 Å². The van der Waals surface area contributed by atoms with Crippen molar-refractivity contribution >= 4 is 39.4 Å². The summed E-state index contributed by atoms with van der Waals surface area (Å²) in [7, 11) is 1.33. The molecule has 0 aliphatic carbocycles. The zero-order chi connectivity index (χ0) is 14.0. The van der Waals surface area contributed by atoms with Crippen LogP contribution in [0.5, 0.6) is 0 Å². The predicted octanol–water partition coefficient (Wildman–Crippen LogP) is 2.88. The number of rotatable bonds is 2. The number of esters is 1. The summed E-state index contributed by atoms with van der Waals surface area (Å²) in [6.45, 7) is 0.562. The van der Waals surface area contributed by atoms with Crippen LogP contribution in [0.1, 0.15) is 23.2 Å². The topological polar surface area (TPSA) is 46.6 Å². The fourth-order valence-corrected chi connectivity index (χ4v) is 2.61. The molecule has 1 atom stereocenters. The summed E-state index contributed by atoms with van der Waals surface area (Å²) in [6, 6.07) is 4.52. The average Bonchev–Trinajstić information content (AvgIpc) is 2.89. The first kappa shape index (κ1) is 14.3. The fraction of sp³-hybridized carbons (Fsp3) is 0.385. The van der Waals surface area contributed by atoms with Crippen LogP contribution in [0.2, 0.25) is 5.02 Å². The summed E-state index contributed by atoms with van der Waals surface area (Å²) in [5, 5.41) is 0.472. The molecule has 1 saturated heterocycles. The Morgan fingerprint density at radius 2 is 2.21 bits per heavy atom. The number of methoxy groups -OCH3 is 1. The number of hydrogen-bond acceptors (Lipinski definition) is 3. The second-order valence-electron chi connectivity index (χ2n) is 4.31. The SMILES string of the molecule is COC(=O)C1CCCN1C(=O)c1ccc(Br)c(Cl)c1. The van der Waals surface area contributed by atoms with Crippen LogP contribution >= 0.6 is 27.5 Å². The molecule has 1 aromatic carbocycles. The van der Waals surface area contributed by atoms with Crippen LogP contribution in [0.15, 0.2) is 22.7 Å². The lowest BCUT2D eigenvalue weighted by Crippen LogP contribution is -2.41. The third-order valence-corrected chi connectivity index (χ3v) is 4.39.